The Morgan fingerprint density at radius 2 is 1.76 bits per heavy atom. The van der Waals surface area contributed by atoms with Crippen molar-refractivity contribution in [3.8, 4) is 0 Å². The lowest BCUT2D eigenvalue weighted by Gasteiger charge is -2.32. The minimum absolute atomic E-state index is 0.159. The first-order chi connectivity index (χ1) is 16.0. The van der Waals surface area contributed by atoms with E-state index in [1.165, 1.54) is 35.4 Å². The fourth-order valence-electron chi connectivity index (χ4n) is 3.29. The third-order valence-corrected chi connectivity index (χ3v) is 4.87. The summed E-state index contributed by atoms with van der Waals surface area (Å²) in [5, 5.41) is 4.42. The van der Waals surface area contributed by atoms with Gasteiger partial charge in [0.25, 0.3) is 5.91 Å². The number of anilines is 3. The molecule has 1 aliphatic rings. The number of benzene rings is 2. The van der Waals surface area contributed by atoms with E-state index < -0.39 is 41.3 Å². The maximum Gasteiger partial charge on any atom is 0.416 e. The molecule has 3 amide bonds. The molecule has 1 unspecified atom stereocenters. The number of rotatable bonds is 4. The zero-order valence-electron chi connectivity index (χ0n) is 17.1. The summed E-state index contributed by atoms with van der Waals surface area (Å²) in [6.07, 6.45) is -4.16. The molecular weight excluding hydrogens is 460 g/mol. The van der Waals surface area contributed by atoms with Crippen molar-refractivity contribution in [3.63, 3.8) is 0 Å². The van der Waals surface area contributed by atoms with Crippen LogP contribution in [-0.2, 0) is 11.0 Å². The van der Waals surface area contributed by atoms with Gasteiger partial charge in [-0.1, -0.05) is 0 Å². The number of nitrogens with two attached hydrogens (primary N) is 2. The highest BCUT2D eigenvalue weighted by atomic mass is 19.4. The number of hydrogen-bond acceptors (Lipinski definition) is 6. The molecule has 176 valence electrons. The van der Waals surface area contributed by atoms with Gasteiger partial charge in [-0.3, -0.25) is 4.79 Å². The molecule has 0 saturated heterocycles. The highest BCUT2D eigenvalue weighted by Crippen LogP contribution is 2.36. The Kier molecular flexibility index (Phi) is 5.71. The molecule has 13 heteroatoms. The van der Waals surface area contributed by atoms with Crippen molar-refractivity contribution in [2.24, 2.45) is 16.5 Å². The zero-order valence-corrected chi connectivity index (χ0v) is 17.1. The molecule has 9 nitrogen and oxygen atoms in total. The van der Waals surface area contributed by atoms with Crippen molar-refractivity contribution >= 4 is 40.7 Å². The van der Waals surface area contributed by atoms with Gasteiger partial charge < -0.3 is 31.4 Å². The van der Waals surface area contributed by atoms with Crippen LogP contribution in [0.15, 0.2) is 64.2 Å². The average Bonchev–Trinajstić information content (AvgIpc) is 3.24. The molecule has 0 spiro atoms. The van der Waals surface area contributed by atoms with Crippen molar-refractivity contribution in [1.29, 1.82) is 0 Å². The lowest BCUT2D eigenvalue weighted by Crippen LogP contribution is -2.47. The van der Waals surface area contributed by atoms with Crippen molar-refractivity contribution in [2.45, 2.75) is 12.3 Å². The van der Waals surface area contributed by atoms with Crippen molar-refractivity contribution in [3.05, 3.63) is 71.7 Å². The number of amides is 3. The fraction of sp³-hybridized carbons (Fsp3) is 0.0952. The first-order valence-electron chi connectivity index (χ1n) is 9.60. The van der Waals surface area contributed by atoms with Gasteiger partial charge in [0.1, 0.15) is 12.0 Å². The SMILES string of the molecule is NC(=O)C1=Nc2occc2C(N)N1c1ccc(NC(=O)Nc2cc(C(F)(F)F)ccc2F)cc1. The molecule has 1 aromatic heterocycles. The van der Waals surface area contributed by atoms with E-state index in [2.05, 4.69) is 10.3 Å². The Morgan fingerprint density at radius 1 is 1.06 bits per heavy atom. The van der Waals surface area contributed by atoms with Gasteiger partial charge in [0, 0.05) is 11.4 Å². The smallest absolute Gasteiger partial charge is 0.416 e. The fourth-order valence-corrected chi connectivity index (χ4v) is 3.29. The molecule has 1 atom stereocenters. The van der Waals surface area contributed by atoms with E-state index >= 15 is 0 Å². The van der Waals surface area contributed by atoms with Gasteiger partial charge >= 0.3 is 12.2 Å². The number of alkyl halides is 3. The number of aliphatic imine (C=N–C) groups is 1. The second-order valence-corrected chi connectivity index (χ2v) is 7.11. The largest absolute Gasteiger partial charge is 0.446 e. The van der Waals surface area contributed by atoms with E-state index in [4.69, 9.17) is 15.9 Å². The van der Waals surface area contributed by atoms with Gasteiger partial charge in [0.05, 0.1) is 23.1 Å². The molecule has 2 heterocycles. The highest BCUT2D eigenvalue weighted by Gasteiger charge is 2.33. The topological polar surface area (TPSA) is 139 Å². The van der Waals surface area contributed by atoms with Crippen LogP contribution in [0.5, 0.6) is 0 Å². The van der Waals surface area contributed by atoms with Gasteiger partial charge in [0.2, 0.25) is 11.7 Å². The number of furan rings is 1. The number of halogens is 4. The molecule has 4 rings (SSSR count). The van der Waals surface area contributed by atoms with E-state index in [-0.39, 0.29) is 17.4 Å². The maximum atomic E-state index is 13.9. The summed E-state index contributed by atoms with van der Waals surface area (Å²) < 4.78 is 57.6. The molecule has 1 aliphatic heterocycles. The summed E-state index contributed by atoms with van der Waals surface area (Å²) in [5.74, 6) is -1.88. The van der Waals surface area contributed by atoms with E-state index in [9.17, 15) is 27.2 Å². The molecule has 0 aliphatic carbocycles. The van der Waals surface area contributed by atoms with Crippen LogP contribution in [0.25, 0.3) is 0 Å². The maximum absolute atomic E-state index is 13.9. The van der Waals surface area contributed by atoms with Gasteiger partial charge in [-0.15, -0.1) is 0 Å². The summed E-state index contributed by atoms with van der Waals surface area (Å²) in [5.41, 5.74) is 11.1. The monoisotopic (exact) mass is 476 g/mol. The lowest BCUT2D eigenvalue weighted by atomic mass is 10.1. The number of nitrogens with one attached hydrogen (secondary N) is 2. The number of carbonyl (C=O) groups excluding carboxylic acids is 2. The Balaban J connectivity index is 1.50. The minimum Gasteiger partial charge on any atom is -0.446 e. The molecular formula is C21H16F4N6O3. The molecule has 2 aromatic carbocycles. The van der Waals surface area contributed by atoms with Crippen molar-refractivity contribution in [1.82, 2.24) is 0 Å². The summed E-state index contributed by atoms with van der Waals surface area (Å²) in [6, 6.07) is 8.18. The van der Waals surface area contributed by atoms with Crippen LogP contribution in [0.3, 0.4) is 0 Å². The van der Waals surface area contributed by atoms with Crippen LogP contribution in [0.2, 0.25) is 0 Å². The normalized spacial score (nSPS) is 15.4. The quantitative estimate of drug-likeness (QED) is 0.421. The number of urea groups is 1. The average molecular weight is 476 g/mol. The van der Waals surface area contributed by atoms with Crippen LogP contribution < -0.4 is 27.0 Å². The number of amidine groups is 1. The molecule has 0 fully saturated rings. The van der Waals surface area contributed by atoms with Crippen LogP contribution in [-0.4, -0.2) is 17.8 Å². The van der Waals surface area contributed by atoms with Gasteiger partial charge in [-0.2, -0.15) is 18.2 Å². The second-order valence-electron chi connectivity index (χ2n) is 7.11. The molecule has 0 saturated carbocycles. The number of primary amides is 1. The zero-order chi connectivity index (χ0) is 24.6. The third-order valence-electron chi connectivity index (χ3n) is 4.87. The Bertz CT molecular complexity index is 1290. The molecule has 6 N–H and O–H groups in total. The van der Waals surface area contributed by atoms with Crippen molar-refractivity contribution < 1.29 is 31.6 Å². The summed E-state index contributed by atoms with van der Waals surface area (Å²) >= 11 is 0. The van der Waals surface area contributed by atoms with Crippen molar-refractivity contribution in [2.75, 3.05) is 15.5 Å². The van der Waals surface area contributed by atoms with Crippen LogP contribution in [0, 0.1) is 5.82 Å². The van der Waals surface area contributed by atoms with Crippen LogP contribution >= 0.6 is 0 Å². The summed E-state index contributed by atoms with van der Waals surface area (Å²) in [7, 11) is 0. The molecule has 34 heavy (non-hydrogen) atoms. The predicted octanol–water partition coefficient (Wildman–Crippen LogP) is 4.07. The Hall–Kier alpha value is -4.39. The van der Waals surface area contributed by atoms with E-state index in [1.54, 1.807) is 6.07 Å². The standard InChI is InChI=1S/C21H16F4N6O3/c22-14-6-1-10(21(23,24)25)9-15(14)29-20(33)28-11-2-4-12(5-3-11)31-16(26)13-7-8-34-19(13)30-18(31)17(27)32/h1-9,16H,26H2,(H2,27,32)(H2,28,29,33). The first-order valence-corrected chi connectivity index (χ1v) is 9.60. The predicted molar refractivity (Wildman–Crippen MR) is 115 cm³/mol. The van der Waals surface area contributed by atoms with Gasteiger partial charge in [-0.25, -0.2) is 9.18 Å². The number of fused-ring (bicyclic) bond motifs is 1. The minimum atomic E-state index is -4.70. The molecule has 0 radical (unpaired) electrons. The van der Waals surface area contributed by atoms with Gasteiger partial charge in [-0.05, 0) is 48.5 Å². The molecule has 3 aromatic rings. The van der Waals surface area contributed by atoms with E-state index in [0.29, 0.717) is 29.4 Å². The summed E-state index contributed by atoms with van der Waals surface area (Å²) in [4.78, 5) is 29.6. The Morgan fingerprint density at radius 3 is 2.41 bits per heavy atom. The summed E-state index contributed by atoms with van der Waals surface area (Å²) in [6.45, 7) is 0. The third kappa shape index (κ3) is 4.41. The van der Waals surface area contributed by atoms with Gasteiger partial charge in [0.15, 0.2) is 0 Å². The first kappa shape index (κ1) is 22.8. The number of carbonyl (C=O) groups is 2. The van der Waals surface area contributed by atoms with Crippen LogP contribution in [0.1, 0.15) is 17.3 Å². The van der Waals surface area contributed by atoms with E-state index in [1.807, 2.05) is 5.32 Å². The van der Waals surface area contributed by atoms with Crippen LogP contribution in [0.4, 0.5) is 45.3 Å². The van der Waals surface area contributed by atoms with E-state index in [0.717, 1.165) is 0 Å². The highest BCUT2D eigenvalue weighted by molar-refractivity contribution is 6.43. The molecule has 0 bridgehead atoms. The second kappa shape index (κ2) is 8.51. The number of nitrogens with zero attached hydrogens (tertiary/aromatic N) is 2. The number of hydrogen-bond donors (Lipinski definition) is 4. The lowest BCUT2D eigenvalue weighted by molar-refractivity contribution is -0.137. The Labute approximate surface area is 189 Å².